The number of hydrogen-bond acceptors (Lipinski definition) is 3. The molecule has 1 aromatic carbocycles. The van der Waals surface area contributed by atoms with Crippen molar-refractivity contribution in [3.05, 3.63) is 23.3 Å². The minimum absolute atomic E-state index is 0.132. The number of alkyl halides is 1. The first-order valence-corrected chi connectivity index (χ1v) is 5.30. The monoisotopic (exact) mass is 274 g/mol. The van der Waals surface area contributed by atoms with E-state index in [1.54, 1.807) is 6.07 Å². The second-order valence-corrected chi connectivity index (χ2v) is 3.36. The molecule has 15 heavy (non-hydrogen) atoms. The molecule has 1 rings (SSSR count). The second kappa shape index (κ2) is 5.02. The lowest BCUT2D eigenvalue weighted by atomic mass is 10.1. The summed E-state index contributed by atoms with van der Waals surface area (Å²) < 4.78 is 10.1. The topological polar surface area (TPSA) is 55.8 Å². The lowest BCUT2D eigenvalue weighted by Crippen LogP contribution is -2.03. The Labute approximate surface area is 95.9 Å². The van der Waals surface area contributed by atoms with Crippen molar-refractivity contribution in [3.63, 3.8) is 0 Å². The minimum atomic E-state index is -1.02. The van der Waals surface area contributed by atoms with Gasteiger partial charge < -0.3 is 14.6 Å². The van der Waals surface area contributed by atoms with E-state index in [1.807, 2.05) is 0 Å². The number of carboxylic acid groups (broad SMARTS) is 1. The van der Waals surface area contributed by atoms with E-state index < -0.39 is 5.97 Å². The summed E-state index contributed by atoms with van der Waals surface area (Å²) in [5, 5.41) is 9.47. The lowest BCUT2D eigenvalue weighted by Gasteiger charge is -2.11. The molecule has 0 saturated heterocycles. The van der Waals surface area contributed by atoms with Crippen LogP contribution in [0.3, 0.4) is 0 Å². The summed E-state index contributed by atoms with van der Waals surface area (Å²) in [5.41, 5.74) is 0.906. The maximum atomic E-state index is 10.9. The average Bonchev–Trinajstić information content (AvgIpc) is 2.26. The second-order valence-electron chi connectivity index (χ2n) is 2.80. The molecule has 1 aromatic rings. The highest BCUT2D eigenvalue weighted by Gasteiger charge is 2.15. The first kappa shape index (κ1) is 11.8. The Hall–Kier alpha value is -1.23. The number of carboxylic acids is 1. The number of methoxy groups -OCH3 is 2. The normalized spacial score (nSPS) is 9.80. The van der Waals surface area contributed by atoms with E-state index in [0.717, 1.165) is 5.56 Å². The summed E-state index contributed by atoms with van der Waals surface area (Å²) in [6.07, 6.45) is 0. The molecule has 0 unspecified atom stereocenters. The number of hydrogen-bond donors (Lipinski definition) is 1. The van der Waals surface area contributed by atoms with Gasteiger partial charge in [0.2, 0.25) is 0 Å². The molecule has 0 radical (unpaired) electrons. The van der Waals surface area contributed by atoms with E-state index in [-0.39, 0.29) is 5.56 Å². The lowest BCUT2D eigenvalue weighted by molar-refractivity contribution is 0.0693. The van der Waals surface area contributed by atoms with E-state index >= 15 is 0 Å². The van der Waals surface area contributed by atoms with Crippen LogP contribution in [0.1, 0.15) is 15.9 Å². The van der Waals surface area contributed by atoms with Gasteiger partial charge >= 0.3 is 5.97 Å². The van der Waals surface area contributed by atoms with Crippen molar-refractivity contribution in [2.45, 2.75) is 5.33 Å². The number of benzene rings is 1. The van der Waals surface area contributed by atoms with E-state index in [4.69, 9.17) is 14.6 Å². The third-order valence-corrected chi connectivity index (χ3v) is 2.58. The Bertz CT molecular complexity index is 376. The molecule has 0 fully saturated rings. The van der Waals surface area contributed by atoms with Gasteiger partial charge in [0, 0.05) is 17.0 Å². The quantitative estimate of drug-likeness (QED) is 0.856. The summed E-state index contributed by atoms with van der Waals surface area (Å²) in [7, 11) is 2.95. The Morgan fingerprint density at radius 1 is 1.33 bits per heavy atom. The molecule has 0 amide bonds. The van der Waals surface area contributed by atoms with E-state index in [1.165, 1.54) is 20.3 Å². The van der Waals surface area contributed by atoms with Crippen molar-refractivity contribution in [2.75, 3.05) is 14.2 Å². The highest BCUT2D eigenvalue weighted by Crippen LogP contribution is 2.30. The molecule has 5 heteroatoms. The average molecular weight is 275 g/mol. The molecule has 0 aromatic heterocycles. The minimum Gasteiger partial charge on any atom is -0.496 e. The molecule has 0 aliphatic carbocycles. The van der Waals surface area contributed by atoms with Gasteiger partial charge in [-0.2, -0.15) is 0 Å². The molecular weight excluding hydrogens is 264 g/mol. The molecule has 0 spiro atoms. The zero-order chi connectivity index (χ0) is 11.4. The fraction of sp³-hybridized carbons (Fsp3) is 0.300. The van der Waals surface area contributed by atoms with Gasteiger partial charge in [-0.05, 0) is 6.07 Å². The van der Waals surface area contributed by atoms with Gasteiger partial charge in [-0.3, -0.25) is 0 Å². The molecule has 0 aliphatic heterocycles. The van der Waals surface area contributed by atoms with Crippen LogP contribution in [0.4, 0.5) is 0 Å². The van der Waals surface area contributed by atoms with Crippen molar-refractivity contribution < 1.29 is 19.4 Å². The summed E-state index contributed by atoms with van der Waals surface area (Å²) in [6, 6.07) is 3.11. The van der Waals surface area contributed by atoms with Gasteiger partial charge in [0.05, 0.1) is 14.2 Å². The number of ether oxygens (including phenoxy) is 2. The molecule has 4 nitrogen and oxygen atoms in total. The van der Waals surface area contributed by atoms with Crippen LogP contribution in [-0.4, -0.2) is 25.3 Å². The molecule has 0 atom stereocenters. The van der Waals surface area contributed by atoms with Crippen LogP contribution in [-0.2, 0) is 5.33 Å². The molecule has 82 valence electrons. The predicted octanol–water partition coefficient (Wildman–Crippen LogP) is 2.30. The zero-order valence-electron chi connectivity index (χ0n) is 8.41. The molecule has 0 bridgehead atoms. The van der Waals surface area contributed by atoms with E-state index in [2.05, 4.69) is 15.9 Å². The van der Waals surface area contributed by atoms with Crippen molar-refractivity contribution >= 4 is 21.9 Å². The van der Waals surface area contributed by atoms with Crippen LogP contribution in [0, 0.1) is 0 Å². The Morgan fingerprint density at radius 2 is 1.93 bits per heavy atom. The summed E-state index contributed by atoms with van der Waals surface area (Å²) >= 11 is 3.27. The van der Waals surface area contributed by atoms with Gasteiger partial charge in [-0.15, -0.1) is 0 Å². The first-order valence-electron chi connectivity index (χ1n) is 4.18. The van der Waals surface area contributed by atoms with Gasteiger partial charge in [-0.1, -0.05) is 15.9 Å². The Morgan fingerprint density at radius 3 is 2.33 bits per heavy atom. The largest absolute Gasteiger partial charge is 0.496 e. The predicted molar refractivity (Wildman–Crippen MR) is 59.1 cm³/mol. The van der Waals surface area contributed by atoms with Crippen LogP contribution in [0.15, 0.2) is 12.1 Å². The van der Waals surface area contributed by atoms with E-state index in [0.29, 0.717) is 16.8 Å². The summed E-state index contributed by atoms with van der Waals surface area (Å²) in [5.74, 6) is -0.116. The number of carbonyl (C=O) groups is 1. The highest BCUT2D eigenvalue weighted by atomic mass is 79.9. The molecular formula is C10H11BrO4. The molecule has 1 N–H and O–H groups in total. The number of halogens is 1. The van der Waals surface area contributed by atoms with Crippen LogP contribution in [0.5, 0.6) is 11.5 Å². The molecule has 0 aliphatic rings. The summed E-state index contributed by atoms with van der Waals surface area (Å²) in [4.78, 5) is 10.9. The number of aromatic carboxylic acids is 1. The van der Waals surface area contributed by atoms with Gasteiger partial charge in [0.15, 0.2) is 0 Å². The van der Waals surface area contributed by atoms with Gasteiger partial charge in [-0.25, -0.2) is 4.79 Å². The van der Waals surface area contributed by atoms with Crippen molar-refractivity contribution in [1.29, 1.82) is 0 Å². The highest BCUT2D eigenvalue weighted by molar-refractivity contribution is 9.08. The molecule has 0 saturated carbocycles. The fourth-order valence-corrected chi connectivity index (χ4v) is 1.67. The number of rotatable bonds is 4. The van der Waals surface area contributed by atoms with Crippen LogP contribution < -0.4 is 9.47 Å². The van der Waals surface area contributed by atoms with Crippen LogP contribution >= 0.6 is 15.9 Å². The summed E-state index contributed by atoms with van der Waals surface area (Å²) in [6.45, 7) is 0. The maximum absolute atomic E-state index is 10.9. The third kappa shape index (κ3) is 2.41. The van der Waals surface area contributed by atoms with Crippen LogP contribution in [0.2, 0.25) is 0 Å². The van der Waals surface area contributed by atoms with Gasteiger partial charge in [0.25, 0.3) is 0 Å². The van der Waals surface area contributed by atoms with Crippen molar-refractivity contribution in [2.24, 2.45) is 0 Å². The Balaban J connectivity index is 3.34. The van der Waals surface area contributed by atoms with E-state index in [9.17, 15) is 4.79 Å². The van der Waals surface area contributed by atoms with Crippen molar-refractivity contribution in [1.82, 2.24) is 0 Å². The smallest absolute Gasteiger partial charge is 0.339 e. The zero-order valence-corrected chi connectivity index (χ0v) is 10.00. The Kier molecular flexibility index (Phi) is 3.96. The maximum Gasteiger partial charge on any atom is 0.339 e. The first-order chi connectivity index (χ1) is 7.13. The fourth-order valence-electron chi connectivity index (χ4n) is 1.24. The van der Waals surface area contributed by atoms with Gasteiger partial charge in [0.1, 0.15) is 17.1 Å². The third-order valence-electron chi connectivity index (χ3n) is 1.98. The standard InChI is InChI=1S/C10H11BrO4/c1-14-8-4-9(15-2)7(10(12)13)3-6(8)5-11/h3-4H,5H2,1-2H3,(H,12,13). The SMILES string of the molecule is COc1cc(OC)c(C(=O)O)cc1CBr. The molecule has 0 heterocycles. The van der Waals surface area contributed by atoms with Crippen LogP contribution in [0.25, 0.3) is 0 Å². The van der Waals surface area contributed by atoms with Crippen molar-refractivity contribution in [3.8, 4) is 11.5 Å².